The fourth-order valence-electron chi connectivity index (χ4n) is 0.468. The molecule has 0 aromatic carbocycles. The molecular weight excluding hydrogens is 214 g/mol. The van der Waals surface area contributed by atoms with E-state index in [-0.39, 0.29) is 11.6 Å². The number of amides is 1. The quantitative estimate of drug-likeness (QED) is 0.436. The summed E-state index contributed by atoms with van der Waals surface area (Å²) in [5.74, 6) is -1.08. The highest BCUT2D eigenvalue weighted by Gasteiger charge is 2.07. The summed E-state index contributed by atoms with van der Waals surface area (Å²) >= 11 is 0. The zero-order valence-corrected chi connectivity index (χ0v) is 7.95. The van der Waals surface area contributed by atoms with Gasteiger partial charge in [0.1, 0.15) is 0 Å². The average Bonchev–Trinajstić information content (AvgIpc) is 2.30. The minimum atomic E-state index is -3.67. The lowest BCUT2D eigenvalue weighted by Gasteiger charge is -1.85. The lowest BCUT2D eigenvalue weighted by molar-refractivity contribution is 0.0993. The molecule has 5 N–H and O–H groups in total. The molecule has 0 fully saturated rings. The Morgan fingerprint density at radius 3 is 2.21 bits per heavy atom. The Balaban J connectivity index is 0.000000292. The summed E-state index contributed by atoms with van der Waals surface area (Å²) in [5, 5.41) is 8.68. The Bertz CT molecular complexity index is 401. The standard InChI is InChI=1S/C4H5N3O2.CH4O3S/c5-3(8)2-4(9)7-1-6-2;1-5(2,3)4/h1,9H,(H2,5,8)(H,6,7);1H3,(H,2,3,4). The summed E-state index contributed by atoms with van der Waals surface area (Å²) in [6.45, 7) is 0. The van der Waals surface area contributed by atoms with Crippen molar-refractivity contribution in [2.75, 3.05) is 6.26 Å². The van der Waals surface area contributed by atoms with Gasteiger partial charge in [0.2, 0.25) is 5.88 Å². The van der Waals surface area contributed by atoms with E-state index in [2.05, 4.69) is 9.97 Å². The first-order valence-corrected chi connectivity index (χ1v) is 5.01. The molecule has 1 aromatic heterocycles. The third kappa shape index (κ3) is 5.97. The van der Waals surface area contributed by atoms with Crippen molar-refractivity contribution in [1.82, 2.24) is 9.97 Å². The van der Waals surface area contributed by atoms with Gasteiger partial charge in [-0.3, -0.25) is 9.35 Å². The number of primary amides is 1. The van der Waals surface area contributed by atoms with Gasteiger partial charge in [-0.15, -0.1) is 0 Å². The van der Waals surface area contributed by atoms with E-state index in [9.17, 15) is 13.2 Å². The Kier molecular flexibility index (Phi) is 4.05. The van der Waals surface area contributed by atoms with Crippen LogP contribution in [0.1, 0.15) is 10.5 Å². The highest BCUT2D eigenvalue weighted by molar-refractivity contribution is 7.85. The van der Waals surface area contributed by atoms with Crippen LogP contribution >= 0.6 is 0 Å². The molecule has 8 nitrogen and oxygen atoms in total. The van der Waals surface area contributed by atoms with Crippen LogP contribution in [0.15, 0.2) is 6.33 Å². The van der Waals surface area contributed by atoms with Gasteiger partial charge in [-0.1, -0.05) is 0 Å². The number of aromatic hydroxyl groups is 1. The number of nitrogens with two attached hydrogens (primary N) is 1. The highest BCUT2D eigenvalue weighted by Crippen LogP contribution is 2.06. The highest BCUT2D eigenvalue weighted by atomic mass is 32.2. The minimum Gasteiger partial charge on any atom is -0.492 e. The van der Waals surface area contributed by atoms with E-state index in [0.717, 1.165) is 0 Å². The zero-order valence-electron chi connectivity index (χ0n) is 7.13. The molecule has 0 aliphatic carbocycles. The maximum atomic E-state index is 10.3. The number of carbonyl (C=O) groups is 1. The van der Waals surface area contributed by atoms with Gasteiger partial charge >= 0.3 is 0 Å². The van der Waals surface area contributed by atoms with E-state index >= 15 is 0 Å². The number of H-pyrrole nitrogens is 1. The van der Waals surface area contributed by atoms with Gasteiger partial charge in [-0.2, -0.15) is 8.42 Å². The first-order valence-electron chi connectivity index (χ1n) is 3.16. The molecule has 80 valence electrons. The number of hydrogen-bond acceptors (Lipinski definition) is 5. The fourth-order valence-corrected chi connectivity index (χ4v) is 0.468. The molecule has 0 aliphatic rings. The first kappa shape index (κ1) is 12.4. The summed E-state index contributed by atoms with van der Waals surface area (Å²) in [5.41, 5.74) is 4.73. The van der Waals surface area contributed by atoms with E-state index in [4.69, 9.17) is 15.4 Å². The van der Waals surface area contributed by atoms with Crippen molar-refractivity contribution in [1.29, 1.82) is 0 Å². The van der Waals surface area contributed by atoms with Crippen molar-refractivity contribution in [3.63, 3.8) is 0 Å². The van der Waals surface area contributed by atoms with Crippen LogP contribution in [-0.2, 0) is 10.1 Å². The maximum Gasteiger partial charge on any atom is 0.270 e. The zero-order chi connectivity index (χ0) is 11.4. The van der Waals surface area contributed by atoms with Gasteiger partial charge < -0.3 is 15.8 Å². The summed E-state index contributed by atoms with van der Waals surface area (Å²) in [6, 6.07) is 0. The third-order valence-corrected chi connectivity index (χ3v) is 0.866. The van der Waals surface area contributed by atoms with E-state index < -0.39 is 16.0 Å². The third-order valence-electron chi connectivity index (χ3n) is 0.866. The molecule has 0 spiro atoms. The van der Waals surface area contributed by atoms with Crippen LogP contribution in [0.4, 0.5) is 0 Å². The predicted molar refractivity (Wildman–Crippen MR) is 46.2 cm³/mol. The number of aromatic nitrogens is 2. The molecule has 1 amide bonds. The second-order valence-electron chi connectivity index (χ2n) is 2.20. The van der Waals surface area contributed by atoms with Crippen LogP contribution < -0.4 is 5.73 Å². The van der Waals surface area contributed by atoms with Gasteiger partial charge in [0.05, 0.1) is 12.6 Å². The number of carbonyl (C=O) groups excluding carboxylic acids is 1. The van der Waals surface area contributed by atoms with Crippen LogP contribution in [0.25, 0.3) is 0 Å². The van der Waals surface area contributed by atoms with E-state index in [1.807, 2.05) is 0 Å². The maximum absolute atomic E-state index is 10.3. The molecule has 1 rings (SSSR count). The Hall–Kier alpha value is -1.61. The van der Waals surface area contributed by atoms with Crippen molar-refractivity contribution >= 4 is 16.0 Å². The molecule has 0 saturated heterocycles. The molecule has 0 radical (unpaired) electrons. The molecule has 0 saturated carbocycles. The molecule has 9 heteroatoms. The topological polar surface area (TPSA) is 146 Å². The number of imidazole rings is 1. The number of nitrogens with one attached hydrogen (secondary N) is 1. The van der Waals surface area contributed by atoms with Crippen LogP contribution in [0, 0.1) is 0 Å². The van der Waals surface area contributed by atoms with Crippen LogP contribution in [0.5, 0.6) is 5.88 Å². The minimum absolute atomic E-state index is 0.0602. The van der Waals surface area contributed by atoms with Gasteiger partial charge in [0.15, 0.2) is 5.69 Å². The normalized spacial score (nSPS) is 10.1. The number of rotatable bonds is 1. The van der Waals surface area contributed by atoms with Gasteiger partial charge in [0.25, 0.3) is 16.0 Å². The SMILES string of the molecule is CS(=O)(=O)O.NC(=O)c1[nH]cnc1O. The second-order valence-corrected chi connectivity index (χ2v) is 3.66. The molecule has 14 heavy (non-hydrogen) atoms. The smallest absolute Gasteiger partial charge is 0.270 e. The van der Waals surface area contributed by atoms with Gasteiger partial charge in [-0.25, -0.2) is 4.98 Å². The average molecular weight is 223 g/mol. The van der Waals surface area contributed by atoms with Crippen molar-refractivity contribution < 1.29 is 22.9 Å². The van der Waals surface area contributed by atoms with Gasteiger partial charge in [0, 0.05) is 0 Å². The lowest BCUT2D eigenvalue weighted by Crippen LogP contribution is -2.11. The van der Waals surface area contributed by atoms with E-state index in [1.54, 1.807) is 0 Å². The van der Waals surface area contributed by atoms with Crippen molar-refractivity contribution in [3.05, 3.63) is 12.0 Å². The van der Waals surface area contributed by atoms with Crippen molar-refractivity contribution in [2.24, 2.45) is 5.73 Å². The van der Waals surface area contributed by atoms with Crippen molar-refractivity contribution in [3.8, 4) is 5.88 Å². The predicted octanol–water partition coefficient (Wildman–Crippen LogP) is -1.28. The molecule has 0 aliphatic heterocycles. The monoisotopic (exact) mass is 223 g/mol. The first-order chi connectivity index (χ1) is 6.22. The molecule has 1 aromatic rings. The summed E-state index contributed by atoms with van der Waals surface area (Å²) in [4.78, 5) is 16.0. The number of hydrogen-bond donors (Lipinski definition) is 4. The number of aromatic amines is 1. The Morgan fingerprint density at radius 1 is 1.64 bits per heavy atom. The second kappa shape index (κ2) is 4.58. The van der Waals surface area contributed by atoms with E-state index in [0.29, 0.717) is 6.26 Å². The molecule has 0 unspecified atom stereocenters. The van der Waals surface area contributed by atoms with Crippen LogP contribution in [-0.4, -0.2) is 40.2 Å². The molecular formula is C5H9N3O5S. The Morgan fingerprint density at radius 2 is 2.07 bits per heavy atom. The molecule has 1 heterocycles. The fraction of sp³-hybridized carbons (Fsp3) is 0.200. The van der Waals surface area contributed by atoms with E-state index in [1.165, 1.54) is 6.33 Å². The Labute approximate surface area is 79.5 Å². The lowest BCUT2D eigenvalue weighted by atomic mass is 10.4. The summed E-state index contributed by atoms with van der Waals surface area (Å²) in [6.07, 6.45) is 1.91. The molecule has 0 atom stereocenters. The number of nitrogens with zero attached hydrogens (tertiary/aromatic N) is 1. The van der Waals surface area contributed by atoms with Crippen LogP contribution in [0.2, 0.25) is 0 Å². The van der Waals surface area contributed by atoms with Gasteiger partial charge in [-0.05, 0) is 0 Å². The van der Waals surface area contributed by atoms with Crippen LogP contribution in [0.3, 0.4) is 0 Å². The largest absolute Gasteiger partial charge is 0.492 e. The summed E-state index contributed by atoms with van der Waals surface area (Å²) < 4.78 is 25.9. The molecule has 0 bridgehead atoms. The summed E-state index contributed by atoms with van der Waals surface area (Å²) in [7, 11) is -3.67. The van der Waals surface area contributed by atoms with Crippen molar-refractivity contribution in [2.45, 2.75) is 0 Å².